The molecule has 0 bridgehead atoms. The molecular weight excluding hydrogens is 316 g/mol. The summed E-state index contributed by atoms with van der Waals surface area (Å²) in [5, 5.41) is 10.8. The molecule has 5 nitrogen and oxygen atoms in total. The molecule has 1 heterocycles. The van der Waals surface area contributed by atoms with E-state index < -0.39 is 6.10 Å². The summed E-state index contributed by atoms with van der Waals surface area (Å²) in [5.74, 6) is 0.749. The maximum Gasteiger partial charge on any atom is 0.261 e. The first-order chi connectivity index (χ1) is 11.9. The van der Waals surface area contributed by atoms with Crippen LogP contribution in [-0.4, -0.2) is 27.4 Å². The van der Waals surface area contributed by atoms with E-state index >= 15 is 0 Å². The average Bonchev–Trinajstić information content (AvgIpc) is 2.58. The summed E-state index contributed by atoms with van der Waals surface area (Å²) in [6, 6.07) is 11.5. The standard InChI is InChI=1S/C20H22N2O3/c1-13-5-7-18-17(8-13)20(24)22(12-21-18)10-16(23)11-25-19-9-14(2)4-6-15(19)3/h4-9,12,16,23H,10-11H2,1-3H3/t16-/m1/s1. The Hall–Kier alpha value is -2.66. The SMILES string of the molecule is Cc1ccc(C)c(OC[C@H](O)Cn2cnc3ccc(C)cc3c2=O)c1. The Morgan fingerprint density at radius 3 is 2.64 bits per heavy atom. The van der Waals surface area contributed by atoms with Gasteiger partial charge in [-0.05, 0) is 50.1 Å². The van der Waals surface area contributed by atoms with E-state index in [2.05, 4.69) is 4.98 Å². The average molecular weight is 338 g/mol. The van der Waals surface area contributed by atoms with Gasteiger partial charge in [-0.1, -0.05) is 23.8 Å². The van der Waals surface area contributed by atoms with Crippen molar-refractivity contribution in [2.75, 3.05) is 6.61 Å². The second-order valence-electron chi connectivity index (χ2n) is 6.46. The van der Waals surface area contributed by atoms with Crippen molar-refractivity contribution in [3.63, 3.8) is 0 Å². The lowest BCUT2D eigenvalue weighted by atomic mass is 10.1. The first kappa shape index (κ1) is 17.2. The molecule has 2 aromatic carbocycles. The van der Waals surface area contributed by atoms with Crippen LogP contribution in [0.1, 0.15) is 16.7 Å². The highest BCUT2D eigenvalue weighted by Gasteiger charge is 2.11. The van der Waals surface area contributed by atoms with E-state index in [0.717, 1.165) is 22.4 Å². The normalized spacial score (nSPS) is 12.3. The molecule has 0 amide bonds. The molecule has 3 rings (SSSR count). The van der Waals surface area contributed by atoms with Crippen molar-refractivity contribution >= 4 is 10.9 Å². The number of fused-ring (bicyclic) bond motifs is 1. The number of aromatic nitrogens is 2. The lowest BCUT2D eigenvalue weighted by Gasteiger charge is -2.15. The lowest BCUT2D eigenvalue weighted by molar-refractivity contribution is 0.0911. The number of aliphatic hydroxyl groups excluding tert-OH is 1. The zero-order chi connectivity index (χ0) is 18.0. The molecule has 130 valence electrons. The highest BCUT2D eigenvalue weighted by atomic mass is 16.5. The number of aryl methyl sites for hydroxylation is 3. The molecule has 0 saturated heterocycles. The van der Waals surface area contributed by atoms with Crippen LogP contribution in [-0.2, 0) is 6.54 Å². The summed E-state index contributed by atoms with van der Waals surface area (Å²) in [6.07, 6.45) is 0.669. The molecule has 0 aliphatic heterocycles. The molecule has 0 saturated carbocycles. The maximum atomic E-state index is 12.6. The molecule has 0 fully saturated rings. The van der Waals surface area contributed by atoms with E-state index in [1.54, 1.807) is 0 Å². The fourth-order valence-electron chi connectivity index (χ4n) is 2.73. The van der Waals surface area contributed by atoms with Crippen LogP contribution in [0.25, 0.3) is 10.9 Å². The van der Waals surface area contributed by atoms with E-state index in [-0.39, 0.29) is 18.7 Å². The largest absolute Gasteiger partial charge is 0.491 e. The zero-order valence-corrected chi connectivity index (χ0v) is 14.7. The van der Waals surface area contributed by atoms with Gasteiger partial charge in [0.1, 0.15) is 18.5 Å². The predicted molar refractivity (Wildman–Crippen MR) is 98.2 cm³/mol. The van der Waals surface area contributed by atoms with Gasteiger partial charge in [0.05, 0.1) is 23.8 Å². The third-order valence-corrected chi connectivity index (χ3v) is 4.16. The number of nitrogens with zero attached hydrogens (tertiary/aromatic N) is 2. The molecule has 0 aliphatic rings. The Morgan fingerprint density at radius 1 is 1.12 bits per heavy atom. The Morgan fingerprint density at radius 2 is 1.84 bits per heavy atom. The van der Waals surface area contributed by atoms with Gasteiger partial charge in [0.25, 0.3) is 5.56 Å². The minimum absolute atomic E-state index is 0.114. The summed E-state index contributed by atoms with van der Waals surface area (Å²) in [4.78, 5) is 16.9. The molecular formula is C20H22N2O3. The molecule has 0 radical (unpaired) electrons. The quantitative estimate of drug-likeness (QED) is 0.777. The molecule has 0 unspecified atom stereocenters. The van der Waals surface area contributed by atoms with Crippen LogP contribution < -0.4 is 10.3 Å². The Balaban J connectivity index is 1.73. The van der Waals surface area contributed by atoms with Gasteiger partial charge >= 0.3 is 0 Å². The van der Waals surface area contributed by atoms with E-state index in [4.69, 9.17) is 4.74 Å². The van der Waals surface area contributed by atoms with Gasteiger partial charge in [-0.2, -0.15) is 0 Å². The van der Waals surface area contributed by atoms with Crippen LogP contribution in [0.15, 0.2) is 47.5 Å². The van der Waals surface area contributed by atoms with Crippen LogP contribution in [0.4, 0.5) is 0 Å². The predicted octanol–water partition coefficient (Wildman–Crippen LogP) is 2.76. The van der Waals surface area contributed by atoms with Crippen LogP contribution in [0.2, 0.25) is 0 Å². The lowest BCUT2D eigenvalue weighted by Crippen LogP contribution is -2.30. The number of aliphatic hydroxyl groups is 1. The van der Waals surface area contributed by atoms with Gasteiger partial charge in [0.15, 0.2) is 0 Å². The molecule has 0 spiro atoms. The van der Waals surface area contributed by atoms with Crippen molar-refractivity contribution < 1.29 is 9.84 Å². The second-order valence-corrected chi connectivity index (χ2v) is 6.46. The number of hydrogen-bond donors (Lipinski definition) is 1. The van der Waals surface area contributed by atoms with Crippen molar-refractivity contribution in [2.45, 2.75) is 33.4 Å². The monoisotopic (exact) mass is 338 g/mol. The highest BCUT2D eigenvalue weighted by molar-refractivity contribution is 5.77. The molecule has 0 aliphatic carbocycles. The summed E-state index contributed by atoms with van der Waals surface area (Å²) in [5.41, 5.74) is 3.62. The zero-order valence-electron chi connectivity index (χ0n) is 14.7. The molecule has 5 heteroatoms. The van der Waals surface area contributed by atoms with Crippen molar-refractivity contribution in [3.05, 3.63) is 69.8 Å². The third-order valence-electron chi connectivity index (χ3n) is 4.16. The fraction of sp³-hybridized carbons (Fsp3) is 0.300. The number of benzene rings is 2. The van der Waals surface area contributed by atoms with E-state index in [9.17, 15) is 9.90 Å². The minimum atomic E-state index is -0.804. The summed E-state index contributed by atoms with van der Waals surface area (Å²) in [6.45, 7) is 6.14. The number of ether oxygens (including phenoxy) is 1. The van der Waals surface area contributed by atoms with Gasteiger partial charge in [0, 0.05) is 0 Å². The molecule has 1 aromatic heterocycles. The van der Waals surface area contributed by atoms with Crippen molar-refractivity contribution in [3.8, 4) is 5.75 Å². The summed E-state index contributed by atoms with van der Waals surface area (Å²) < 4.78 is 7.14. The Kier molecular flexibility index (Phi) is 4.86. The summed E-state index contributed by atoms with van der Waals surface area (Å²) in [7, 11) is 0. The van der Waals surface area contributed by atoms with E-state index in [0.29, 0.717) is 10.9 Å². The van der Waals surface area contributed by atoms with E-state index in [1.165, 1.54) is 10.9 Å². The second kappa shape index (κ2) is 7.07. The van der Waals surface area contributed by atoms with E-state index in [1.807, 2.05) is 57.2 Å². The fourth-order valence-corrected chi connectivity index (χ4v) is 2.73. The molecule has 3 aromatic rings. The first-order valence-electron chi connectivity index (χ1n) is 8.28. The maximum absolute atomic E-state index is 12.6. The first-order valence-corrected chi connectivity index (χ1v) is 8.28. The minimum Gasteiger partial charge on any atom is -0.491 e. The smallest absolute Gasteiger partial charge is 0.261 e. The Bertz CT molecular complexity index is 963. The summed E-state index contributed by atoms with van der Waals surface area (Å²) >= 11 is 0. The third kappa shape index (κ3) is 3.88. The van der Waals surface area contributed by atoms with Crippen molar-refractivity contribution in [2.24, 2.45) is 0 Å². The molecule has 25 heavy (non-hydrogen) atoms. The van der Waals surface area contributed by atoms with Gasteiger partial charge in [0.2, 0.25) is 0 Å². The number of hydrogen-bond acceptors (Lipinski definition) is 4. The van der Waals surface area contributed by atoms with Gasteiger partial charge in [-0.25, -0.2) is 4.98 Å². The highest BCUT2D eigenvalue weighted by Crippen LogP contribution is 2.19. The van der Waals surface area contributed by atoms with Crippen LogP contribution in [0, 0.1) is 20.8 Å². The topological polar surface area (TPSA) is 64.3 Å². The van der Waals surface area contributed by atoms with Gasteiger partial charge in [-0.15, -0.1) is 0 Å². The molecule has 1 atom stereocenters. The number of rotatable bonds is 5. The van der Waals surface area contributed by atoms with Crippen LogP contribution in [0.3, 0.4) is 0 Å². The van der Waals surface area contributed by atoms with Crippen molar-refractivity contribution in [1.82, 2.24) is 9.55 Å². The Labute approximate surface area is 146 Å². The molecule has 1 N–H and O–H groups in total. The van der Waals surface area contributed by atoms with Crippen LogP contribution in [0.5, 0.6) is 5.75 Å². The van der Waals surface area contributed by atoms with Crippen LogP contribution >= 0.6 is 0 Å². The van der Waals surface area contributed by atoms with Gasteiger partial charge in [-0.3, -0.25) is 9.36 Å². The van der Waals surface area contributed by atoms with Gasteiger partial charge < -0.3 is 9.84 Å². The van der Waals surface area contributed by atoms with Crippen molar-refractivity contribution in [1.29, 1.82) is 0 Å².